The van der Waals surface area contributed by atoms with E-state index in [1.54, 1.807) is 25.3 Å². The quantitative estimate of drug-likeness (QED) is 0.594. The molecule has 1 fully saturated rings. The Morgan fingerprint density at radius 3 is 2.67 bits per heavy atom. The fourth-order valence-electron chi connectivity index (χ4n) is 2.69. The molecule has 0 aliphatic carbocycles. The summed E-state index contributed by atoms with van der Waals surface area (Å²) in [6.45, 7) is 9.23. The Morgan fingerprint density at radius 1 is 1.33 bits per heavy atom. The summed E-state index contributed by atoms with van der Waals surface area (Å²) in [6, 6.07) is 5.55. The van der Waals surface area contributed by atoms with Gasteiger partial charge in [-0.1, -0.05) is 18.7 Å². The molecular weight excluding hydrogens is 306 g/mol. The van der Waals surface area contributed by atoms with Gasteiger partial charge in [-0.15, -0.1) is 0 Å². The van der Waals surface area contributed by atoms with Crippen LogP contribution in [0.25, 0.3) is 6.08 Å². The van der Waals surface area contributed by atoms with Crippen LogP contribution in [0.1, 0.15) is 19.4 Å². The van der Waals surface area contributed by atoms with Crippen LogP contribution in [0, 0.1) is 0 Å². The Labute approximate surface area is 143 Å². The maximum Gasteiger partial charge on any atom is 0.246 e. The van der Waals surface area contributed by atoms with E-state index in [0.717, 1.165) is 5.56 Å². The maximum atomic E-state index is 12.3. The molecule has 0 saturated carbocycles. The van der Waals surface area contributed by atoms with Crippen LogP contribution in [0.2, 0.25) is 0 Å². The third kappa shape index (κ3) is 4.86. The number of carbonyl (C=O) groups is 1. The van der Waals surface area contributed by atoms with E-state index >= 15 is 0 Å². The van der Waals surface area contributed by atoms with E-state index in [9.17, 15) is 4.79 Å². The zero-order valence-electron chi connectivity index (χ0n) is 14.5. The second-order valence-corrected chi connectivity index (χ2v) is 5.84. The molecule has 0 N–H and O–H groups in total. The molecule has 2 atom stereocenters. The van der Waals surface area contributed by atoms with Gasteiger partial charge in [0.2, 0.25) is 5.91 Å². The molecule has 2 unspecified atom stereocenters. The Balaban J connectivity index is 2.05. The molecule has 5 heteroatoms. The van der Waals surface area contributed by atoms with Crippen LogP contribution < -0.4 is 9.47 Å². The van der Waals surface area contributed by atoms with Crippen molar-refractivity contribution in [2.24, 2.45) is 0 Å². The molecule has 24 heavy (non-hydrogen) atoms. The predicted octanol–water partition coefficient (Wildman–Crippen LogP) is 2.91. The van der Waals surface area contributed by atoms with Crippen molar-refractivity contribution in [3.05, 3.63) is 42.5 Å². The highest BCUT2D eigenvalue weighted by molar-refractivity contribution is 5.92. The van der Waals surface area contributed by atoms with E-state index in [0.29, 0.717) is 31.2 Å². The first-order chi connectivity index (χ1) is 11.5. The van der Waals surface area contributed by atoms with Crippen molar-refractivity contribution in [3.63, 3.8) is 0 Å². The molecule has 0 bridgehead atoms. The molecule has 1 aliphatic rings. The average molecular weight is 331 g/mol. The lowest BCUT2D eigenvalue weighted by atomic mass is 10.1. The van der Waals surface area contributed by atoms with Gasteiger partial charge in [-0.25, -0.2) is 0 Å². The molecule has 1 heterocycles. The second-order valence-electron chi connectivity index (χ2n) is 5.84. The number of morpholine rings is 1. The van der Waals surface area contributed by atoms with Crippen LogP contribution >= 0.6 is 0 Å². The minimum atomic E-state index is -0.0112. The summed E-state index contributed by atoms with van der Waals surface area (Å²) < 4.78 is 16.5. The number of amides is 1. The molecule has 0 radical (unpaired) electrons. The zero-order valence-corrected chi connectivity index (χ0v) is 14.5. The summed E-state index contributed by atoms with van der Waals surface area (Å²) in [7, 11) is 1.59. The normalized spacial score (nSPS) is 20.9. The van der Waals surface area contributed by atoms with Gasteiger partial charge >= 0.3 is 0 Å². The minimum absolute atomic E-state index is 0.0112. The van der Waals surface area contributed by atoms with Crippen molar-refractivity contribution in [2.75, 3.05) is 26.8 Å². The first-order valence-electron chi connectivity index (χ1n) is 8.07. The number of benzene rings is 1. The van der Waals surface area contributed by atoms with Crippen molar-refractivity contribution >= 4 is 12.0 Å². The van der Waals surface area contributed by atoms with Gasteiger partial charge in [0.25, 0.3) is 0 Å². The van der Waals surface area contributed by atoms with Gasteiger partial charge in [0.05, 0.1) is 19.3 Å². The SMILES string of the molecule is C=CCOc1ccc(C=CC(=O)N2CC(C)OC(C)C2)cc1OC. The third-order valence-electron chi connectivity index (χ3n) is 3.69. The maximum absolute atomic E-state index is 12.3. The summed E-state index contributed by atoms with van der Waals surface area (Å²) in [6.07, 6.45) is 5.17. The monoisotopic (exact) mass is 331 g/mol. The molecule has 0 aromatic heterocycles. The predicted molar refractivity (Wildman–Crippen MR) is 94.3 cm³/mol. The average Bonchev–Trinajstić information content (AvgIpc) is 2.57. The van der Waals surface area contributed by atoms with Gasteiger partial charge in [0.15, 0.2) is 11.5 Å². The lowest BCUT2D eigenvalue weighted by Gasteiger charge is -2.34. The Hall–Kier alpha value is -2.27. The van der Waals surface area contributed by atoms with E-state index in [2.05, 4.69) is 6.58 Å². The number of methoxy groups -OCH3 is 1. The van der Waals surface area contributed by atoms with E-state index in [4.69, 9.17) is 14.2 Å². The first kappa shape index (κ1) is 18.1. The second kappa shape index (κ2) is 8.55. The van der Waals surface area contributed by atoms with Crippen molar-refractivity contribution in [2.45, 2.75) is 26.1 Å². The number of hydrogen-bond donors (Lipinski definition) is 0. The molecular formula is C19H25NO4. The molecule has 1 aliphatic heterocycles. The van der Waals surface area contributed by atoms with E-state index in [1.165, 1.54) is 0 Å². The molecule has 5 nitrogen and oxygen atoms in total. The van der Waals surface area contributed by atoms with Crippen LogP contribution in [0.5, 0.6) is 11.5 Å². The van der Waals surface area contributed by atoms with Gasteiger partial charge in [-0.05, 0) is 37.6 Å². The van der Waals surface area contributed by atoms with Crippen molar-refractivity contribution < 1.29 is 19.0 Å². The largest absolute Gasteiger partial charge is 0.493 e. The number of carbonyl (C=O) groups excluding carboxylic acids is 1. The lowest BCUT2D eigenvalue weighted by Crippen LogP contribution is -2.47. The number of nitrogens with zero attached hydrogens (tertiary/aromatic N) is 1. The zero-order chi connectivity index (χ0) is 17.5. The highest BCUT2D eigenvalue weighted by atomic mass is 16.5. The van der Waals surface area contributed by atoms with Crippen molar-refractivity contribution in [3.8, 4) is 11.5 Å². The lowest BCUT2D eigenvalue weighted by molar-refractivity contribution is -0.137. The van der Waals surface area contributed by atoms with Gasteiger partial charge in [0, 0.05) is 19.2 Å². The van der Waals surface area contributed by atoms with Crippen LogP contribution in [0.4, 0.5) is 0 Å². The number of ether oxygens (including phenoxy) is 3. The topological polar surface area (TPSA) is 48.0 Å². The minimum Gasteiger partial charge on any atom is -0.493 e. The summed E-state index contributed by atoms with van der Waals surface area (Å²) in [5, 5.41) is 0. The standard InChI is InChI=1S/C19H25NO4/c1-5-10-23-17-8-6-16(11-18(17)22-4)7-9-19(21)20-12-14(2)24-15(3)13-20/h5-9,11,14-15H,1,10,12-13H2,2-4H3. The highest BCUT2D eigenvalue weighted by Gasteiger charge is 2.24. The smallest absolute Gasteiger partial charge is 0.246 e. The van der Waals surface area contributed by atoms with Gasteiger partial charge in [-0.2, -0.15) is 0 Å². The van der Waals surface area contributed by atoms with Crippen molar-refractivity contribution in [1.29, 1.82) is 0 Å². The molecule has 1 aromatic rings. The van der Waals surface area contributed by atoms with E-state index in [1.807, 2.05) is 36.9 Å². The van der Waals surface area contributed by atoms with E-state index < -0.39 is 0 Å². The summed E-state index contributed by atoms with van der Waals surface area (Å²) in [5.41, 5.74) is 0.875. The summed E-state index contributed by atoms with van der Waals surface area (Å²) in [5.74, 6) is 1.26. The summed E-state index contributed by atoms with van der Waals surface area (Å²) >= 11 is 0. The fourth-order valence-corrected chi connectivity index (χ4v) is 2.69. The highest BCUT2D eigenvalue weighted by Crippen LogP contribution is 2.28. The van der Waals surface area contributed by atoms with Crippen molar-refractivity contribution in [1.82, 2.24) is 4.90 Å². The Morgan fingerprint density at radius 2 is 2.04 bits per heavy atom. The molecule has 0 spiro atoms. The molecule has 1 amide bonds. The number of hydrogen-bond acceptors (Lipinski definition) is 4. The van der Waals surface area contributed by atoms with Gasteiger partial charge < -0.3 is 19.1 Å². The summed E-state index contributed by atoms with van der Waals surface area (Å²) in [4.78, 5) is 14.2. The Bertz CT molecular complexity index is 601. The number of rotatable bonds is 6. The van der Waals surface area contributed by atoms with Crippen LogP contribution in [-0.4, -0.2) is 49.8 Å². The van der Waals surface area contributed by atoms with Gasteiger partial charge in [-0.3, -0.25) is 4.79 Å². The van der Waals surface area contributed by atoms with Crippen LogP contribution in [0.15, 0.2) is 36.9 Å². The third-order valence-corrected chi connectivity index (χ3v) is 3.69. The van der Waals surface area contributed by atoms with Crippen LogP contribution in [0.3, 0.4) is 0 Å². The molecule has 2 rings (SSSR count). The van der Waals surface area contributed by atoms with E-state index in [-0.39, 0.29) is 18.1 Å². The molecule has 1 saturated heterocycles. The first-order valence-corrected chi connectivity index (χ1v) is 8.07. The molecule has 130 valence electrons. The van der Waals surface area contributed by atoms with Gasteiger partial charge in [0.1, 0.15) is 6.61 Å². The Kier molecular flexibility index (Phi) is 6.44. The fraction of sp³-hybridized carbons (Fsp3) is 0.421. The molecule has 1 aromatic carbocycles. The van der Waals surface area contributed by atoms with Crippen LogP contribution in [-0.2, 0) is 9.53 Å².